The van der Waals surface area contributed by atoms with E-state index in [-0.39, 0.29) is 5.78 Å². The summed E-state index contributed by atoms with van der Waals surface area (Å²) in [6, 6.07) is 12.8. The minimum atomic E-state index is -0.124. The van der Waals surface area contributed by atoms with Crippen molar-refractivity contribution in [1.82, 2.24) is 15.0 Å². The second-order valence-corrected chi connectivity index (χ2v) is 6.00. The number of hydrogen-bond acceptors (Lipinski definition) is 4. The third-order valence-electron chi connectivity index (χ3n) is 2.75. The molecule has 0 aliphatic heterocycles. The maximum atomic E-state index is 12.2. The molecule has 2 aromatic heterocycles. The van der Waals surface area contributed by atoms with Crippen LogP contribution in [0.5, 0.6) is 0 Å². The molecule has 1 aromatic carbocycles. The largest absolute Gasteiger partial charge is 0.287 e. The SMILES string of the molecule is O=C(c1ccccc1)c1cn(Cc2ccc(Cl)s2)nn1. The summed E-state index contributed by atoms with van der Waals surface area (Å²) < 4.78 is 2.37. The Morgan fingerprint density at radius 1 is 1.20 bits per heavy atom. The van der Waals surface area contributed by atoms with Gasteiger partial charge in [-0.25, -0.2) is 4.68 Å². The summed E-state index contributed by atoms with van der Waals surface area (Å²) in [4.78, 5) is 13.3. The second-order valence-electron chi connectivity index (χ2n) is 4.20. The van der Waals surface area contributed by atoms with Gasteiger partial charge in [-0.2, -0.15) is 0 Å². The number of carbonyl (C=O) groups is 1. The Bertz CT molecular complexity index is 736. The van der Waals surface area contributed by atoms with Crippen molar-refractivity contribution in [3.05, 3.63) is 69.1 Å². The summed E-state index contributed by atoms with van der Waals surface area (Å²) in [5.74, 6) is -0.124. The Morgan fingerprint density at radius 2 is 2.00 bits per heavy atom. The smallest absolute Gasteiger partial charge is 0.214 e. The topological polar surface area (TPSA) is 47.8 Å². The molecule has 3 aromatic rings. The Kier molecular flexibility index (Phi) is 3.62. The van der Waals surface area contributed by atoms with E-state index in [0.717, 1.165) is 9.21 Å². The number of carbonyl (C=O) groups excluding carboxylic acids is 1. The number of thiophene rings is 1. The van der Waals surface area contributed by atoms with Gasteiger partial charge in [0.1, 0.15) is 0 Å². The van der Waals surface area contributed by atoms with Gasteiger partial charge in [0.05, 0.1) is 17.1 Å². The van der Waals surface area contributed by atoms with Crippen LogP contribution in [-0.4, -0.2) is 20.8 Å². The van der Waals surface area contributed by atoms with Crippen LogP contribution >= 0.6 is 22.9 Å². The zero-order chi connectivity index (χ0) is 13.9. The molecule has 4 nitrogen and oxygen atoms in total. The minimum absolute atomic E-state index is 0.124. The Balaban J connectivity index is 1.78. The molecule has 20 heavy (non-hydrogen) atoms. The summed E-state index contributed by atoms with van der Waals surface area (Å²) in [5.41, 5.74) is 0.956. The molecule has 0 N–H and O–H groups in total. The van der Waals surface area contributed by atoms with E-state index in [1.54, 1.807) is 23.0 Å². The van der Waals surface area contributed by atoms with E-state index >= 15 is 0 Å². The molecule has 3 rings (SSSR count). The van der Waals surface area contributed by atoms with E-state index in [1.807, 2.05) is 30.3 Å². The Morgan fingerprint density at radius 3 is 2.70 bits per heavy atom. The van der Waals surface area contributed by atoms with Crippen molar-refractivity contribution in [3.63, 3.8) is 0 Å². The van der Waals surface area contributed by atoms with Crippen molar-refractivity contribution in [1.29, 1.82) is 0 Å². The predicted octanol–water partition coefficient (Wildman–Crippen LogP) is 3.27. The first-order chi connectivity index (χ1) is 9.72. The van der Waals surface area contributed by atoms with Crippen LogP contribution in [0.15, 0.2) is 48.7 Å². The molecule has 0 aliphatic carbocycles. The first-order valence-corrected chi connectivity index (χ1v) is 7.16. The molecule has 0 aliphatic rings. The fourth-order valence-corrected chi connectivity index (χ4v) is 2.89. The number of rotatable bonds is 4. The van der Waals surface area contributed by atoms with Crippen molar-refractivity contribution in [3.8, 4) is 0 Å². The maximum Gasteiger partial charge on any atom is 0.214 e. The average Bonchev–Trinajstić information content (AvgIpc) is 3.09. The summed E-state index contributed by atoms with van der Waals surface area (Å²) >= 11 is 7.37. The number of nitrogens with zero attached hydrogens (tertiary/aromatic N) is 3. The van der Waals surface area contributed by atoms with Crippen LogP contribution in [-0.2, 0) is 6.54 Å². The summed E-state index contributed by atoms with van der Waals surface area (Å²) in [6.45, 7) is 0.562. The molecule has 0 bridgehead atoms. The Hall–Kier alpha value is -1.98. The lowest BCUT2D eigenvalue weighted by Crippen LogP contribution is -2.01. The lowest BCUT2D eigenvalue weighted by Gasteiger charge is -1.96. The van der Waals surface area contributed by atoms with E-state index in [4.69, 9.17) is 11.6 Å². The Labute approximate surface area is 124 Å². The lowest BCUT2D eigenvalue weighted by atomic mass is 10.1. The second kappa shape index (κ2) is 5.56. The minimum Gasteiger partial charge on any atom is -0.287 e. The third-order valence-corrected chi connectivity index (χ3v) is 3.97. The van der Waals surface area contributed by atoms with Gasteiger partial charge in [-0.3, -0.25) is 4.79 Å². The maximum absolute atomic E-state index is 12.2. The highest BCUT2D eigenvalue weighted by molar-refractivity contribution is 7.16. The van der Waals surface area contributed by atoms with E-state index in [2.05, 4.69) is 10.3 Å². The molecule has 0 spiro atoms. The number of hydrogen-bond donors (Lipinski definition) is 0. The van der Waals surface area contributed by atoms with Crippen LogP contribution < -0.4 is 0 Å². The number of ketones is 1. The highest BCUT2D eigenvalue weighted by Gasteiger charge is 2.13. The molecule has 0 saturated carbocycles. The zero-order valence-electron chi connectivity index (χ0n) is 10.4. The first-order valence-electron chi connectivity index (χ1n) is 5.96. The highest BCUT2D eigenvalue weighted by Crippen LogP contribution is 2.22. The normalized spacial score (nSPS) is 10.7. The van der Waals surface area contributed by atoms with Gasteiger partial charge in [0.2, 0.25) is 5.78 Å². The van der Waals surface area contributed by atoms with Gasteiger partial charge in [0, 0.05) is 10.4 Å². The van der Waals surface area contributed by atoms with Gasteiger partial charge in [-0.15, -0.1) is 16.4 Å². The molecule has 6 heteroatoms. The van der Waals surface area contributed by atoms with Crippen molar-refractivity contribution in [2.75, 3.05) is 0 Å². The zero-order valence-corrected chi connectivity index (χ0v) is 11.9. The number of aromatic nitrogens is 3. The van der Waals surface area contributed by atoms with E-state index < -0.39 is 0 Å². The average molecular weight is 304 g/mol. The van der Waals surface area contributed by atoms with Crippen LogP contribution in [0, 0.1) is 0 Å². The van der Waals surface area contributed by atoms with Crippen LogP contribution in [0.4, 0.5) is 0 Å². The molecule has 0 radical (unpaired) electrons. The summed E-state index contributed by atoms with van der Waals surface area (Å²) in [5, 5.41) is 7.91. The quantitative estimate of drug-likeness (QED) is 0.695. The molecule has 0 amide bonds. The van der Waals surface area contributed by atoms with Crippen LogP contribution in [0.25, 0.3) is 0 Å². The lowest BCUT2D eigenvalue weighted by molar-refractivity contribution is 0.103. The van der Waals surface area contributed by atoms with Crippen LogP contribution in [0.2, 0.25) is 4.34 Å². The molecule has 0 saturated heterocycles. The van der Waals surface area contributed by atoms with Gasteiger partial charge in [-0.1, -0.05) is 47.1 Å². The predicted molar refractivity (Wildman–Crippen MR) is 78.3 cm³/mol. The van der Waals surface area contributed by atoms with Gasteiger partial charge >= 0.3 is 0 Å². The first kappa shape index (κ1) is 13.0. The molecule has 0 atom stereocenters. The van der Waals surface area contributed by atoms with E-state index in [0.29, 0.717) is 17.8 Å². The molecule has 100 valence electrons. The van der Waals surface area contributed by atoms with Crippen molar-refractivity contribution >= 4 is 28.7 Å². The van der Waals surface area contributed by atoms with Crippen molar-refractivity contribution < 1.29 is 4.79 Å². The van der Waals surface area contributed by atoms with E-state index in [1.165, 1.54) is 11.3 Å². The molecule has 2 heterocycles. The molecule has 0 fully saturated rings. The highest BCUT2D eigenvalue weighted by atomic mass is 35.5. The van der Waals surface area contributed by atoms with Gasteiger partial charge in [-0.05, 0) is 12.1 Å². The van der Waals surface area contributed by atoms with Crippen molar-refractivity contribution in [2.45, 2.75) is 6.54 Å². The molecular weight excluding hydrogens is 294 g/mol. The summed E-state index contributed by atoms with van der Waals surface area (Å²) in [7, 11) is 0. The monoisotopic (exact) mass is 303 g/mol. The number of halogens is 1. The fraction of sp³-hybridized carbons (Fsp3) is 0.0714. The molecule has 0 unspecified atom stereocenters. The van der Waals surface area contributed by atoms with Gasteiger partial charge in [0.25, 0.3) is 0 Å². The third kappa shape index (κ3) is 2.79. The standard InChI is InChI=1S/C14H10ClN3OS/c15-13-7-6-11(20-13)8-18-9-12(16-17-18)14(19)10-4-2-1-3-5-10/h1-7,9H,8H2. The van der Waals surface area contributed by atoms with Crippen LogP contribution in [0.1, 0.15) is 20.9 Å². The van der Waals surface area contributed by atoms with Gasteiger partial charge in [0.15, 0.2) is 5.69 Å². The van der Waals surface area contributed by atoms with Crippen molar-refractivity contribution in [2.24, 2.45) is 0 Å². The van der Waals surface area contributed by atoms with E-state index in [9.17, 15) is 4.79 Å². The van der Waals surface area contributed by atoms with Crippen LogP contribution in [0.3, 0.4) is 0 Å². The number of benzene rings is 1. The fourth-order valence-electron chi connectivity index (χ4n) is 1.81. The van der Waals surface area contributed by atoms with Gasteiger partial charge < -0.3 is 0 Å². The summed E-state index contributed by atoms with van der Waals surface area (Å²) in [6.07, 6.45) is 1.66. The molecular formula is C14H10ClN3OS.